The van der Waals surface area contributed by atoms with Crippen molar-refractivity contribution in [2.45, 2.75) is 26.1 Å². The Morgan fingerprint density at radius 1 is 1.20 bits per heavy atom. The summed E-state index contributed by atoms with van der Waals surface area (Å²) >= 11 is 5.73. The van der Waals surface area contributed by atoms with Crippen molar-refractivity contribution >= 4 is 11.6 Å². The Kier molecular flexibility index (Phi) is 4.67. The number of aromatic nitrogens is 6. The number of hydrogen-bond acceptors (Lipinski definition) is 5. The fourth-order valence-electron chi connectivity index (χ4n) is 2.17. The van der Waals surface area contributed by atoms with Crippen molar-refractivity contribution in [2.24, 2.45) is 0 Å². The van der Waals surface area contributed by atoms with Crippen molar-refractivity contribution in [1.82, 2.24) is 29.9 Å². The smallest absolute Gasteiger partial charge is 0.251 e. The van der Waals surface area contributed by atoms with Gasteiger partial charge in [-0.25, -0.2) is 15.0 Å². The SMILES string of the molecule is Cc1cc(C(F)(F)F)nc(CCn2cc(-c3ccc(Cl)nc3)nn2)n1. The first-order valence-corrected chi connectivity index (χ1v) is 7.63. The van der Waals surface area contributed by atoms with E-state index in [0.717, 1.165) is 11.6 Å². The van der Waals surface area contributed by atoms with Crippen LogP contribution in [-0.4, -0.2) is 29.9 Å². The number of nitrogens with zero attached hydrogens (tertiary/aromatic N) is 6. The molecule has 0 spiro atoms. The molecular weight excluding hydrogens is 357 g/mol. The number of alkyl halides is 3. The first-order valence-electron chi connectivity index (χ1n) is 7.25. The van der Waals surface area contributed by atoms with E-state index in [2.05, 4.69) is 25.3 Å². The predicted octanol–water partition coefficient (Wildman–Crippen LogP) is 3.35. The van der Waals surface area contributed by atoms with Crippen LogP contribution in [0.25, 0.3) is 11.3 Å². The number of pyridine rings is 1. The third-order valence-electron chi connectivity index (χ3n) is 3.32. The van der Waals surface area contributed by atoms with Gasteiger partial charge in [0.15, 0.2) is 0 Å². The lowest BCUT2D eigenvalue weighted by molar-refractivity contribution is -0.141. The summed E-state index contributed by atoms with van der Waals surface area (Å²) in [6.45, 7) is 1.80. The normalized spacial score (nSPS) is 11.7. The summed E-state index contributed by atoms with van der Waals surface area (Å²) in [6, 6.07) is 4.31. The summed E-state index contributed by atoms with van der Waals surface area (Å²) in [5, 5.41) is 8.33. The van der Waals surface area contributed by atoms with Gasteiger partial charge >= 0.3 is 6.18 Å². The molecule has 3 heterocycles. The quantitative estimate of drug-likeness (QED) is 0.660. The minimum atomic E-state index is -4.50. The molecule has 0 bridgehead atoms. The summed E-state index contributed by atoms with van der Waals surface area (Å²) < 4.78 is 39.9. The fourth-order valence-corrected chi connectivity index (χ4v) is 2.28. The summed E-state index contributed by atoms with van der Waals surface area (Å²) in [5.74, 6) is 0.109. The Bertz CT molecular complexity index is 876. The highest BCUT2D eigenvalue weighted by molar-refractivity contribution is 6.29. The maximum Gasteiger partial charge on any atom is 0.433 e. The first-order chi connectivity index (χ1) is 11.8. The standard InChI is InChI=1S/C15H12ClF3N6/c1-9-6-12(15(17,18)19)22-14(21-9)4-5-25-8-11(23-24-25)10-2-3-13(16)20-7-10/h2-3,6-8H,4-5H2,1H3. The highest BCUT2D eigenvalue weighted by atomic mass is 35.5. The van der Waals surface area contributed by atoms with Gasteiger partial charge in [0, 0.05) is 30.4 Å². The van der Waals surface area contributed by atoms with Gasteiger partial charge in [-0.1, -0.05) is 16.8 Å². The minimum absolute atomic E-state index is 0.109. The van der Waals surface area contributed by atoms with E-state index >= 15 is 0 Å². The van der Waals surface area contributed by atoms with Crippen molar-refractivity contribution in [3.8, 4) is 11.3 Å². The van der Waals surface area contributed by atoms with Crippen LogP contribution in [0.15, 0.2) is 30.6 Å². The average Bonchev–Trinajstić information content (AvgIpc) is 3.01. The van der Waals surface area contributed by atoms with Gasteiger partial charge in [-0.2, -0.15) is 13.2 Å². The molecule has 0 saturated heterocycles. The summed E-state index contributed by atoms with van der Waals surface area (Å²) in [7, 11) is 0. The molecule has 3 aromatic heterocycles. The van der Waals surface area contributed by atoms with Crippen molar-refractivity contribution < 1.29 is 13.2 Å². The Balaban J connectivity index is 1.72. The maximum absolute atomic E-state index is 12.8. The number of hydrogen-bond donors (Lipinski definition) is 0. The lowest BCUT2D eigenvalue weighted by Gasteiger charge is -2.08. The van der Waals surface area contributed by atoms with Crippen molar-refractivity contribution in [3.05, 3.63) is 53.0 Å². The largest absolute Gasteiger partial charge is 0.433 e. The lowest BCUT2D eigenvalue weighted by atomic mass is 10.2. The zero-order valence-corrected chi connectivity index (χ0v) is 13.8. The van der Waals surface area contributed by atoms with Crippen LogP contribution < -0.4 is 0 Å². The van der Waals surface area contributed by atoms with Crippen LogP contribution in [0, 0.1) is 6.92 Å². The van der Waals surface area contributed by atoms with E-state index in [4.69, 9.17) is 11.6 Å². The molecule has 6 nitrogen and oxygen atoms in total. The lowest BCUT2D eigenvalue weighted by Crippen LogP contribution is -2.13. The second kappa shape index (κ2) is 6.75. The zero-order chi connectivity index (χ0) is 18.0. The summed E-state index contributed by atoms with van der Waals surface area (Å²) in [6.07, 6.45) is -1.06. The number of aryl methyl sites for hydroxylation is 3. The van der Waals surface area contributed by atoms with Crippen molar-refractivity contribution in [1.29, 1.82) is 0 Å². The monoisotopic (exact) mass is 368 g/mol. The molecular formula is C15H12ClF3N6. The maximum atomic E-state index is 12.8. The second-order valence-corrected chi connectivity index (χ2v) is 5.68. The Labute approximate surface area is 145 Å². The third kappa shape index (κ3) is 4.30. The molecule has 130 valence electrons. The van der Waals surface area contributed by atoms with Crippen LogP contribution in [0.4, 0.5) is 13.2 Å². The second-order valence-electron chi connectivity index (χ2n) is 5.30. The van der Waals surface area contributed by atoms with Gasteiger partial charge in [-0.05, 0) is 25.1 Å². The molecule has 3 rings (SSSR count). The van der Waals surface area contributed by atoms with Crippen LogP contribution >= 0.6 is 11.6 Å². The highest BCUT2D eigenvalue weighted by Gasteiger charge is 2.33. The third-order valence-corrected chi connectivity index (χ3v) is 3.54. The molecule has 3 aromatic rings. The number of halogens is 4. The molecule has 0 saturated carbocycles. The minimum Gasteiger partial charge on any atom is -0.251 e. The molecule has 0 aliphatic heterocycles. The van der Waals surface area contributed by atoms with Gasteiger partial charge in [-0.3, -0.25) is 4.68 Å². The van der Waals surface area contributed by atoms with Gasteiger partial charge in [0.1, 0.15) is 22.4 Å². The van der Waals surface area contributed by atoms with Gasteiger partial charge < -0.3 is 0 Å². The Morgan fingerprint density at radius 2 is 2.00 bits per heavy atom. The molecule has 0 radical (unpaired) electrons. The van der Waals surface area contributed by atoms with Crippen molar-refractivity contribution in [2.75, 3.05) is 0 Å². The predicted molar refractivity (Wildman–Crippen MR) is 83.7 cm³/mol. The molecule has 0 aliphatic rings. The molecule has 0 N–H and O–H groups in total. The first kappa shape index (κ1) is 17.3. The van der Waals surface area contributed by atoms with E-state index in [1.54, 1.807) is 24.5 Å². The Hall–Kier alpha value is -2.55. The van der Waals surface area contributed by atoms with E-state index in [9.17, 15) is 13.2 Å². The van der Waals surface area contributed by atoms with Crippen LogP contribution in [0.5, 0.6) is 0 Å². The molecule has 0 unspecified atom stereocenters. The molecule has 0 aliphatic carbocycles. The van der Waals surface area contributed by atoms with E-state index < -0.39 is 11.9 Å². The molecule has 25 heavy (non-hydrogen) atoms. The molecule has 0 aromatic carbocycles. The molecule has 0 fully saturated rings. The summed E-state index contributed by atoms with van der Waals surface area (Å²) in [4.78, 5) is 11.6. The van der Waals surface area contributed by atoms with E-state index in [1.165, 1.54) is 11.6 Å². The number of rotatable bonds is 4. The van der Waals surface area contributed by atoms with Crippen LogP contribution in [0.2, 0.25) is 5.15 Å². The van der Waals surface area contributed by atoms with E-state index in [1.807, 2.05) is 0 Å². The topological polar surface area (TPSA) is 69.4 Å². The van der Waals surface area contributed by atoms with Gasteiger partial charge in [0.2, 0.25) is 0 Å². The molecule has 10 heteroatoms. The van der Waals surface area contributed by atoms with Crippen molar-refractivity contribution in [3.63, 3.8) is 0 Å². The van der Waals surface area contributed by atoms with Gasteiger partial charge in [0.25, 0.3) is 0 Å². The highest BCUT2D eigenvalue weighted by Crippen LogP contribution is 2.27. The molecule has 0 atom stereocenters. The van der Waals surface area contributed by atoms with E-state index in [0.29, 0.717) is 17.4 Å². The van der Waals surface area contributed by atoms with Crippen LogP contribution in [0.3, 0.4) is 0 Å². The van der Waals surface area contributed by atoms with Crippen LogP contribution in [0.1, 0.15) is 17.2 Å². The molecule has 0 amide bonds. The average molecular weight is 369 g/mol. The van der Waals surface area contributed by atoms with E-state index in [-0.39, 0.29) is 17.9 Å². The zero-order valence-electron chi connectivity index (χ0n) is 13.0. The summed E-state index contributed by atoms with van der Waals surface area (Å²) in [5.41, 5.74) is 0.650. The van der Waals surface area contributed by atoms with Gasteiger partial charge in [0.05, 0.1) is 6.20 Å². The van der Waals surface area contributed by atoms with Gasteiger partial charge in [-0.15, -0.1) is 5.10 Å². The Morgan fingerprint density at radius 3 is 2.68 bits per heavy atom. The fraction of sp³-hybridized carbons (Fsp3) is 0.267. The van der Waals surface area contributed by atoms with Crippen LogP contribution in [-0.2, 0) is 19.1 Å².